The summed E-state index contributed by atoms with van der Waals surface area (Å²) in [7, 11) is 0. The van der Waals surface area contributed by atoms with E-state index in [9.17, 15) is 4.39 Å². The fraction of sp³-hybridized carbons (Fsp3) is 0.333. The number of halogens is 1. The molecule has 2 nitrogen and oxygen atoms in total. The molecule has 0 amide bonds. The van der Waals surface area contributed by atoms with Crippen LogP contribution in [0.1, 0.15) is 54.6 Å². The Kier molecular flexibility index (Phi) is 5.13. The lowest BCUT2D eigenvalue weighted by atomic mass is 9.96. The number of rotatable bonds is 4. The van der Waals surface area contributed by atoms with Crippen molar-refractivity contribution in [2.45, 2.75) is 45.3 Å². The van der Waals surface area contributed by atoms with Crippen LogP contribution in [0.3, 0.4) is 0 Å². The molecule has 0 spiro atoms. The quantitative estimate of drug-likeness (QED) is 0.574. The minimum absolute atomic E-state index is 0.119. The maximum absolute atomic E-state index is 14.3. The van der Waals surface area contributed by atoms with Gasteiger partial charge in [-0.2, -0.15) is 0 Å². The summed E-state index contributed by atoms with van der Waals surface area (Å²) in [5, 5.41) is 0. The Morgan fingerprint density at radius 1 is 0.963 bits per heavy atom. The van der Waals surface area contributed by atoms with E-state index in [1.165, 1.54) is 16.8 Å². The smallest absolute Gasteiger partial charge is 0.127 e. The van der Waals surface area contributed by atoms with Crippen molar-refractivity contribution >= 4 is 0 Å². The SMILES string of the molecule is CC(C)c1ccc(C2c3cccn3CCCN2Cc2ccccc2F)cc1. The Hall–Kier alpha value is -2.39. The molecular weight excluding hydrogens is 335 g/mol. The zero-order valence-corrected chi connectivity index (χ0v) is 16.1. The van der Waals surface area contributed by atoms with Gasteiger partial charge < -0.3 is 4.57 Å². The standard InChI is InChI=1S/C24H27FN2/c1-18(2)19-10-12-20(13-11-19)24-23-9-5-14-26(23)15-6-16-27(24)17-21-7-3-4-8-22(21)25/h3-5,7-14,18,24H,6,15-17H2,1-2H3. The molecule has 1 aromatic heterocycles. The van der Waals surface area contributed by atoms with Crippen LogP contribution in [0, 0.1) is 5.82 Å². The molecule has 0 saturated heterocycles. The van der Waals surface area contributed by atoms with Gasteiger partial charge in [-0.1, -0.05) is 56.3 Å². The number of fused-ring (bicyclic) bond motifs is 1. The van der Waals surface area contributed by atoms with Gasteiger partial charge in [-0.15, -0.1) is 0 Å². The van der Waals surface area contributed by atoms with Crippen LogP contribution in [0.2, 0.25) is 0 Å². The fourth-order valence-electron chi connectivity index (χ4n) is 4.10. The second-order valence-electron chi connectivity index (χ2n) is 7.77. The molecule has 0 bridgehead atoms. The van der Waals surface area contributed by atoms with Gasteiger partial charge in [-0.25, -0.2) is 4.39 Å². The highest BCUT2D eigenvalue weighted by atomic mass is 19.1. The number of hydrogen-bond acceptors (Lipinski definition) is 1. The molecule has 27 heavy (non-hydrogen) atoms. The van der Waals surface area contributed by atoms with Gasteiger partial charge in [-0.3, -0.25) is 4.90 Å². The zero-order valence-electron chi connectivity index (χ0n) is 16.1. The van der Waals surface area contributed by atoms with Crippen LogP contribution in [0.4, 0.5) is 4.39 Å². The largest absolute Gasteiger partial charge is 0.350 e. The molecule has 2 aromatic carbocycles. The Bertz CT molecular complexity index is 895. The molecule has 0 saturated carbocycles. The van der Waals surface area contributed by atoms with Crippen LogP contribution < -0.4 is 0 Å². The monoisotopic (exact) mass is 362 g/mol. The van der Waals surface area contributed by atoms with Crippen molar-refractivity contribution in [1.29, 1.82) is 0 Å². The van der Waals surface area contributed by atoms with Gasteiger partial charge >= 0.3 is 0 Å². The van der Waals surface area contributed by atoms with E-state index in [2.05, 4.69) is 65.9 Å². The summed E-state index contributed by atoms with van der Waals surface area (Å²) in [4.78, 5) is 2.42. The normalized spacial score (nSPS) is 17.7. The lowest BCUT2D eigenvalue weighted by Crippen LogP contribution is -2.29. The van der Waals surface area contributed by atoms with Crippen LogP contribution in [-0.4, -0.2) is 16.0 Å². The molecule has 4 rings (SSSR count). The predicted molar refractivity (Wildman–Crippen MR) is 108 cm³/mol. The first-order chi connectivity index (χ1) is 13.1. The summed E-state index contributed by atoms with van der Waals surface area (Å²) in [5.41, 5.74) is 4.68. The van der Waals surface area contributed by atoms with Gasteiger partial charge in [-0.05, 0) is 41.7 Å². The maximum atomic E-state index is 14.3. The predicted octanol–water partition coefficient (Wildman–Crippen LogP) is 5.75. The van der Waals surface area contributed by atoms with Gasteiger partial charge in [0.1, 0.15) is 5.82 Å². The van der Waals surface area contributed by atoms with Crippen LogP contribution in [0.15, 0.2) is 66.9 Å². The van der Waals surface area contributed by atoms with Crippen molar-refractivity contribution in [3.63, 3.8) is 0 Å². The molecule has 1 aliphatic heterocycles. The Labute approximate surface area is 161 Å². The van der Waals surface area contributed by atoms with Gasteiger partial charge in [0.05, 0.1) is 6.04 Å². The number of hydrogen-bond donors (Lipinski definition) is 0. The first kappa shape index (κ1) is 18.0. The van der Waals surface area contributed by atoms with Crippen LogP contribution in [0.25, 0.3) is 0 Å². The summed E-state index contributed by atoms with van der Waals surface area (Å²) in [6, 6.07) is 20.6. The van der Waals surface area contributed by atoms with E-state index in [1.54, 1.807) is 12.1 Å². The van der Waals surface area contributed by atoms with Crippen molar-refractivity contribution < 1.29 is 4.39 Å². The summed E-state index contributed by atoms with van der Waals surface area (Å²) < 4.78 is 16.7. The molecule has 0 N–H and O–H groups in total. The Balaban J connectivity index is 1.73. The van der Waals surface area contributed by atoms with Gasteiger partial charge in [0.25, 0.3) is 0 Å². The summed E-state index contributed by atoms with van der Waals surface area (Å²) in [5.74, 6) is 0.401. The first-order valence-electron chi connectivity index (χ1n) is 9.86. The molecule has 0 fully saturated rings. The average Bonchev–Trinajstić information content (AvgIpc) is 3.05. The molecule has 3 heteroatoms. The molecule has 3 aromatic rings. The first-order valence-corrected chi connectivity index (χ1v) is 9.86. The highest BCUT2D eigenvalue weighted by molar-refractivity contribution is 5.33. The lowest BCUT2D eigenvalue weighted by molar-refractivity contribution is 0.217. The molecule has 140 valence electrons. The van der Waals surface area contributed by atoms with E-state index >= 15 is 0 Å². The van der Waals surface area contributed by atoms with E-state index in [1.807, 2.05) is 12.1 Å². The van der Waals surface area contributed by atoms with E-state index < -0.39 is 0 Å². The highest BCUT2D eigenvalue weighted by Gasteiger charge is 2.27. The molecule has 0 radical (unpaired) electrons. The minimum Gasteiger partial charge on any atom is -0.350 e. The Morgan fingerprint density at radius 3 is 2.48 bits per heavy atom. The van der Waals surface area contributed by atoms with Crippen molar-refractivity contribution in [3.05, 3.63) is 95.1 Å². The minimum atomic E-state index is -0.119. The number of aromatic nitrogens is 1. The Morgan fingerprint density at radius 2 is 1.74 bits per heavy atom. The fourth-order valence-corrected chi connectivity index (χ4v) is 4.10. The third-order valence-corrected chi connectivity index (χ3v) is 5.60. The van der Waals surface area contributed by atoms with Crippen molar-refractivity contribution in [1.82, 2.24) is 9.47 Å². The van der Waals surface area contributed by atoms with Crippen molar-refractivity contribution in [3.8, 4) is 0 Å². The molecule has 1 atom stereocenters. The van der Waals surface area contributed by atoms with E-state index in [0.717, 1.165) is 25.1 Å². The van der Waals surface area contributed by atoms with Gasteiger partial charge in [0, 0.05) is 37.1 Å². The van der Waals surface area contributed by atoms with Crippen LogP contribution in [0.5, 0.6) is 0 Å². The van der Waals surface area contributed by atoms with Gasteiger partial charge in [0.2, 0.25) is 0 Å². The van der Waals surface area contributed by atoms with Crippen LogP contribution in [-0.2, 0) is 13.1 Å². The number of aryl methyl sites for hydroxylation is 1. The van der Waals surface area contributed by atoms with Crippen LogP contribution >= 0.6 is 0 Å². The number of nitrogens with zero attached hydrogens (tertiary/aromatic N) is 2. The topological polar surface area (TPSA) is 8.17 Å². The van der Waals surface area contributed by atoms with Gasteiger partial charge in [0.15, 0.2) is 0 Å². The lowest BCUT2D eigenvalue weighted by Gasteiger charge is -2.31. The second-order valence-corrected chi connectivity index (χ2v) is 7.77. The second kappa shape index (κ2) is 7.69. The summed E-state index contributed by atoms with van der Waals surface area (Å²) in [6.07, 6.45) is 3.23. The maximum Gasteiger partial charge on any atom is 0.127 e. The number of benzene rings is 2. The average molecular weight is 362 g/mol. The molecule has 0 aliphatic carbocycles. The van der Waals surface area contributed by atoms with Crippen molar-refractivity contribution in [2.24, 2.45) is 0 Å². The van der Waals surface area contributed by atoms with E-state index in [4.69, 9.17) is 0 Å². The highest BCUT2D eigenvalue weighted by Crippen LogP contribution is 2.34. The third kappa shape index (κ3) is 3.70. The summed E-state index contributed by atoms with van der Waals surface area (Å²) >= 11 is 0. The van der Waals surface area contributed by atoms with E-state index in [0.29, 0.717) is 12.5 Å². The zero-order chi connectivity index (χ0) is 18.8. The van der Waals surface area contributed by atoms with E-state index in [-0.39, 0.29) is 11.9 Å². The molecule has 1 aliphatic rings. The summed E-state index contributed by atoms with van der Waals surface area (Å²) in [6.45, 7) is 7.02. The molecule has 2 heterocycles. The molecular formula is C24H27FN2. The third-order valence-electron chi connectivity index (χ3n) is 5.60. The molecule has 1 unspecified atom stereocenters. The van der Waals surface area contributed by atoms with Crippen molar-refractivity contribution in [2.75, 3.05) is 6.54 Å².